The molecule has 0 aliphatic carbocycles. The summed E-state index contributed by atoms with van der Waals surface area (Å²) >= 11 is 4.78. The van der Waals surface area contributed by atoms with Crippen molar-refractivity contribution in [1.82, 2.24) is 4.90 Å². The van der Waals surface area contributed by atoms with E-state index in [1.54, 1.807) is 0 Å². The highest BCUT2D eigenvalue weighted by Crippen LogP contribution is 2.44. The lowest BCUT2D eigenvalue weighted by atomic mass is 10.2. The van der Waals surface area contributed by atoms with Crippen molar-refractivity contribution in [1.29, 1.82) is 0 Å². The minimum atomic E-state index is -4.05. The normalized spacial score (nSPS) is 16.3. The van der Waals surface area contributed by atoms with E-state index in [9.17, 15) is 4.57 Å². The minimum absolute atomic E-state index is 0.108. The van der Waals surface area contributed by atoms with Gasteiger partial charge in [-0.15, -0.1) is 0 Å². The lowest BCUT2D eigenvalue weighted by molar-refractivity contribution is 0.125. The molecule has 0 saturated heterocycles. The predicted molar refractivity (Wildman–Crippen MR) is 59.7 cm³/mol. The number of phosphoric ester groups is 1. The second-order valence-corrected chi connectivity index (χ2v) is 5.54. The molecule has 0 aromatic carbocycles. The average molecular weight is 260 g/mol. The van der Waals surface area contributed by atoms with Gasteiger partial charge in [-0.1, -0.05) is 0 Å². The average Bonchev–Trinajstić information content (AvgIpc) is 2.11. The highest BCUT2D eigenvalue weighted by atomic mass is 35.5. The van der Waals surface area contributed by atoms with Crippen molar-refractivity contribution >= 4 is 19.7 Å². The fourth-order valence-electron chi connectivity index (χ4n) is 1.39. The summed E-state index contributed by atoms with van der Waals surface area (Å²) in [5, 5.41) is 0. The standard InChI is InChI=1S/C8H19ClNO4P/c1-7(2)10(8(3)4)5-6-13-15(11,12)14-9/h7-8H,5-6H2,1-4H3,(H,11,12). The fourth-order valence-corrected chi connectivity index (χ4v) is 1.87. The van der Waals surface area contributed by atoms with Crippen LogP contribution in [0.2, 0.25) is 0 Å². The van der Waals surface area contributed by atoms with E-state index in [4.69, 9.17) is 16.8 Å². The van der Waals surface area contributed by atoms with Crippen LogP contribution in [0.3, 0.4) is 0 Å². The maximum atomic E-state index is 10.9. The zero-order valence-corrected chi connectivity index (χ0v) is 11.2. The summed E-state index contributed by atoms with van der Waals surface area (Å²) in [5.74, 6) is 0. The third kappa shape index (κ3) is 6.51. The van der Waals surface area contributed by atoms with Gasteiger partial charge in [0.25, 0.3) is 0 Å². The number of nitrogens with zero attached hydrogens (tertiary/aromatic N) is 1. The Morgan fingerprint density at radius 2 is 1.80 bits per heavy atom. The molecule has 0 rings (SSSR count). The molecule has 92 valence electrons. The van der Waals surface area contributed by atoms with E-state index in [1.165, 1.54) is 0 Å². The van der Waals surface area contributed by atoms with E-state index in [0.717, 1.165) is 0 Å². The van der Waals surface area contributed by atoms with Crippen LogP contribution >= 0.6 is 19.7 Å². The van der Waals surface area contributed by atoms with Crippen LogP contribution < -0.4 is 0 Å². The first-order chi connectivity index (χ1) is 6.80. The van der Waals surface area contributed by atoms with Crippen LogP contribution in [-0.4, -0.2) is 35.0 Å². The van der Waals surface area contributed by atoms with Gasteiger partial charge in [0, 0.05) is 18.6 Å². The first-order valence-corrected chi connectivity index (χ1v) is 6.64. The van der Waals surface area contributed by atoms with Gasteiger partial charge in [0.05, 0.1) is 18.5 Å². The Morgan fingerprint density at radius 1 is 1.33 bits per heavy atom. The SMILES string of the molecule is CC(C)N(CCOP(=O)(O)OCl)C(C)C. The van der Waals surface area contributed by atoms with Crippen molar-refractivity contribution in [3.63, 3.8) is 0 Å². The zero-order chi connectivity index (χ0) is 12.1. The summed E-state index contributed by atoms with van der Waals surface area (Å²) < 4.78 is 19.3. The molecule has 0 radical (unpaired) electrons. The summed E-state index contributed by atoms with van der Waals surface area (Å²) in [6.07, 6.45) is 0. The van der Waals surface area contributed by atoms with Gasteiger partial charge in [0.15, 0.2) is 0 Å². The maximum Gasteiger partial charge on any atom is 0.488 e. The van der Waals surface area contributed by atoms with Crippen molar-refractivity contribution in [2.24, 2.45) is 0 Å². The van der Waals surface area contributed by atoms with Crippen molar-refractivity contribution in [3.05, 3.63) is 0 Å². The molecule has 0 bridgehead atoms. The van der Waals surface area contributed by atoms with Gasteiger partial charge in [-0.25, -0.2) is 4.57 Å². The minimum Gasteiger partial charge on any atom is -0.302 e. The number of hydrogen-bond donors (Lipinski definition) is 1. The number of rotatable bonds is 7. The number of hydrogen-bond acceptors (Lipinski definition) is 4. The van der Waals surface area contributed by atoms with Crippen LogP contribution in [0.25, 0.3) is 0 Å². The van der Waals surface area contributed by atoms with Gasteiger partial charge in [-0.05, 0) is 27.7 Å². The van der Waals surface area contributed by atoms with E-state index in [2.05, 4.69) is 41.2 Å². The number of phosphoric acid groups is 1. The molecule has 7 heteroatoms. The fraction of sp³-hybridized carbons (Fsp3) is 1.00. The van der Waals surface area contributed by atoms with E-state index >= 15 is 0 Å². The van der Waals surface area contributed by atoms with Crippen LogP contribution in [0.15, 0.2) is 0 Å². The van der Waals surface area contributed by atoms with Crippen LogP contribution in [0.1, 0.15) is 27.7 Å². The van der Waals surface area contributed by atoms with E-state index in [-0.39, 0.29) is 6.61 Å². The van der Waals surface area contributed by atoms with Crippen molar-refractivity contribution in [3.8, 4) is 0 Å². The van der Waals surface area contributed by atoms with E-state index < -0.39 is 7.82 Å². The Balaban J connectivity index is 3.97. The lowest BCUT2D eigenvalue weighted by Gasteiger charge is -2.30. The molecule has 1 atom stereocenters. The third-order valence-corrected chi connectivity index (χ3v) is 3.22. The Morgan fingerprint density at radius 3 is 2.13 bits per heavy atom. The molecule has 0 aliphatic rings. The molecule has 0 aliphatic heterocycles. The van der Waals surface area contributed by atoms with Gasteiger partial charge in [0.2, 0.25) is 0 Å². The Bertz CT molecular complexity index is 217. The van der Waals surface area contributed by atoms with E-state index in [0.29, 0.717) is 18.6 Å². The molecule has 0 saturated carbocycles. The van der Waals surface area contributed by atoms with Gasteiger partial charge in [-0.3, -0.25) is 9.42 Å². The molecule has 5 nitrogen and oxygen atoms in total. The summed E-state index contributed by atoms with van der Waals surface area (Å²) in [7, 11) is -4.05. The molecule has 1 unspecified atom stereocenters. The molecule has 0 amide bonds. The summed E-state index contributed by atoms with van der Waals surface area (Å²) in [6, 6.07) is 0.701. The molecule has 0 fully saturated rings. The van der Waals surface area contributed by atoms with Gasteiger partial charge in [-0.2, -0.15) is 4.08 Å². The van der Waals surface area contributed by atoms with Crippen molar-refractivity contribution < 1.29 is 18.1 Å². The summed E-state index contributed by atoms with van der Waals surface area (Å²) in [5.41, 5.74) is 0. The Labute approximate surface area is 96.1 Å². The second-order valence-electron chi connectivity index (χ2n) is 3.80. The van der Waals surface area contributed by atoms with Gasteiger partial charge in [0.1, 0.15) is 0 Å². The second kappa shape index (κ2) is 6.84. The molecule has 1 N–H and O–H groups in total. The summed E-state index contributed by atoms with van der Waals surface area (Å²) in [6.45, 7) is 8.87. The number of halogens is 1. The molecule has 0 heterocycles. The highest BCUT2D eigenvalue weighted by Gasteiger charge is 2.21. The van der Waals surface area contributed by atoms with Crippen LogP contribution in [0.5, 0.6) is 0 Å². The first-order valence-electron chi connectivity index (χ1n) is 4.83. The quantitative estimate of drug-likeness (QED) is 0.712. The maximum absolute atomic E-state index is 10.9. The lowest BCUT2D eigenvalue weighted by Crippen LogP contribution is -2.39. The molecule has 0 spiro atoms. The molecular weight excluding hydrogens is 241 g/mol. The highest BCUT2D eigenvalue weighted by molar-refractivity contribution is 7.48. The van der Waals surface area contributed by atoms with Crippen LogP contribution in [0, 0.1) is 0 Å². The molecule has 0 aromatic heterocycles. The van der Waals surface area contributed by atoms with Crippen LogP contribution in [0.4, 0.5) is 0 Å². The smallest absolute Gasteiger partial charge is 0.302 e. The largest absolute Gasteiger partial charge is 0.488 e. The van der Waals surface area contributed by atoms with E-state index in [1.807, 2.05) is 0 Å². The Hall–Kier alpha value is 0.360. The zero-order valence-electron chi connectivity index (χ0n) is 9.51. The molecule has 0 aromatic rings. The Kier molecular flexibility index (Phi) is 7.00. The molecular formula is C8H19ClNO4P. The van der Waals surface area contributed by atoms with Crippen LogP contribution in [-0.2, 0) is 13.2 Å². The van der Waals surface area contributed by atoms with Crippen molar-refractivity contribution in [2.75, 3.05) is 13.2 Å². The monoisotopic (exact) mass is 259 g/mol. The first kappa shape index (κ1) is 15.4. The van der Waals surface area contributed by atoms with Gasteiger partial charge < -0.3 is 4.89 Å². The van der Waals surface area contributed by atoms with Gasteiger partial charge >= 0.3 is 7.82 Å². The molecule has 15 heavy (non-hydrogen) atoms. The summed E-state index contributed by atoms with van der Waals surface area (Å²) in [4.78, 5) is 11.0. The predicted octanol–water partition coefficient (Wildman–Crippen LogP) is 2.39. The topological polar surface area (TPSA) is 59.0 Å². The third-order valence-electron chi connectivity index (χ3n) is 2.02. The van der Waals surface area contributed by atoms with Crippen molar-refractivity contribution in [2.45, 2.75) is 39.8 Å².